The fourth-order valence-electron chi connectivity index (χ4n) is 2.63. The number of hydrogen-bond donors (Lipinski definition) is 1. The van der Waals surface area contributed by atoms with E-state index in [2.05, 4.69) is 42.3 Å². The first-order valence-corrected chi connectivity index (χ1v) is 8.04. The average molecular weight is 288 g/mol. The topological polar surface area (TPSA) is 34.2 Å². The predicted octanol–water partition coefficient (Wildman–Crippen LogP) is 3.63. The number of rotatable bonds is 5. The number of aromatic nitrogens is 1. The Morgan fingerprint density at radius 2 is 2.35 bits per heavy atom. The molecule has 1 aliphatic heterocycles. The van der Waals surface area contributed by atoms with E-state index in [9.17, 15) is 0 Å². The molecular weight excluding hydrogens is 268 g/mol. The smallest absolute Gasteiger partial charge is 0.122 e. The number of aryl methyl sites for hydroxylation is 1. The molecule has 2 heterocycles. The standard InChI is InChI=1S/C16H20N2OS/c1-3-14(17-9-16-11(2)18-10-20-16)12-4-5-15-13(8-12)6-7-19-15/h4-5,8,10,14,17H,3,6-7,9H2,1-2H3. The maximum atomic E-state index is 5.57. The van der Waals surface area contributed by atoms with Gasteiger partial charge in [-0.3, -0.25) is 0 Å². The van der Waals surface area contributed by atoms with Crippen LogP contribution in [0.1, 0.15) is 41.1 Å². The Morgan fingerprint density at radius 3 is 3.10 bits per heavy atom. The van der Waals surface area contributed by atoms with Crippen LogP contribution >= 0.6 is 11.3 Å². The monoisotopic (exact) mass is 288 g/mol. The summed E-state index contributed by atoms with van der Waals surface area (Å²) in [6.07, 6.45) is 2.12. The molecule has 0 radical (unpaired) electrons. The van der Waals surface area contributed by atoms with Gasteiger partial charge in [0.05, 0.1) is 17.8 Å². The van der Waals surface area contributed by atoms with Gasteiger partial charge in [0.2, 0.25) is 0 Å². The summed E-state index contributed by atoms with van der Waals surface area (Å²) in [6.45, 7) is 6.01. The minimum atomic E-state index is 0.391. The Balaban J connectivity index is 1.71. The lowest BCUT2D eigenvalue weighted by atomic mass is 10.0. The third kappa shape index (κ3) is 2.72. The van der Waals surface area contributed by atoms with Gasteiger partial charge in [-0.05, 0) is 30.5 Å². The molecule has 1 N–H and O–H groups in total. The highest BCUT2D eigenvalue weighted by Gasteiger charge is 2.16. The maximum absolute atomic E-state index is 5.57. The number of nitrogens with one attached hydrogen (secondary N) is 1. The lowest BCUT2D eigenvalue weighted by molar-refractivity contribution is 0.356. The summed E-state index contributed by atoms with van der Waals surface area (Å²) in [5.41, 5.74) is 5.76. The number of thiazole rings is 1. The van der Waals surface area contributed by atoms with Crippen LogP contribution in [0.3, 0.4) is 0 Å². The van der Waals surface area contributed by atoms with Gasteiger partial charge in [0.25, 0.3) is 0 Å². The molecule has 1 unspecified atom stereocenters. The van der Waals surface area contributed by atoms with Crippen molar-refractivity contribution in [3.63, 3.8) is 0 Å². The minimum absolute atomic E-state index is 0.391. The second-order valence-corrected chi connectivity index (χ2v) is 6.11. The SMILES string of the molecule is CCC(NCc1scnc1C)c1ccc2c(c1)CCO2. The number of hydrogen-bond acceptors (Lipinski definition) is 4. The van der Waals surface area contributed by atoms with Gasteiger partial charge in [-0.25, -0.2) is 4.98 Å². The van der Waals surface area contributed by atoms with Crippen molar-refractivity contribution >= 4 is 11.3 Å². The van der Waals surface area contributed by atoms with Crippen LogP contribution in [0.4, 0.5) is 0 Å². The molecule has 0 spiro atoms. The Kier molecular flexibility index (Phi) is 4.03. The maximum Gasteiger partial charge on any atom is 0.122 e. The van der Waals surface area contributed by atoms with E-state index in [0.717, 1.165) is 37.4 Å². The van der Waals surface area contributed by atoms with Crippen LogP contribution in [-0.2, 0) is 13.0 Å². The lowest BCUT2D eigenvalue weighted by Gasteiger charge is -2.18. The summed E-state index contributed by atoms with van der Waals surface area (Å²) >= 11 is 1.72. The van der Waals surface area contributed by atoms with Crippen LogP contribution in [-0.4, -0.2) is 11.6 Å². The molecule has 1 aromatic carbocycles. The summed E-state index contributed by atoms with van der Waals surface area (Å²) in [4.78, 5) is 5.63. The molecule has 0 saturated heterocycles. The van der Waals surface area contributed by atoms with E-state index < -0.39 is 0 Å². The summed E-state index contributed by atoms with van der Waals surface area (Å²) in [5, 5.41) is 3.65. The molecule has 0 bridgehead atoms. The van der Waals surface area contributed by atoms with E-state index in [-0.39, 0.29) is 0 Å². The quantitative estimate of drug-likeness (QED) is 0.912. The van der Waals surface area contributed by atoms with E-state index >= 15 is 0 Å². The summed E-state index contributed by atoms with van der Waals surface area (Å²) in [6, 6.07) is 6.98. The molecule has 1 aromatic heterocycles. The zero-order valence-corrected chi connectivity index (χ0v) is 12.8. The van der Waals surface area contributed by atoms with Crippen molar-refractivity contribution in [2.24, 2.45) is 0 Å². The highest BCUT2D eigenvalue weighted by Crippen LogP contribution is 2.29. The number of nitrogens with zero attached hydrogens (tertiary/aromatic N) is 1. The Hall–Kier alpha value is -1.39. The van der Waals surface area contributed by atoms with Crippen LogP contribution in [0, 0.1) is 6.92 Å². The van der Waals surface area contributed by atoms with Crippen molar-refractivity contribution in [3.8, 4) is 5.75 Å². The van der Waals surface area contributed by atoms with Crippen molar-refractivity contribution in [1.29, 1.82) is 0 Å². The van der Waals surface area contributed by atoms with Crippen molar-refractivity contribution in [3.05, 3.63) is 45.4 Å². The van der Waals surface area contributed by atoms with Gasteiger partial charge in [0.1, 0.15) is 5.75 Å². The molecule has 0 fully saturated rings. The van der Waals surface area contributed by atoms with Crippen molar-refractivity contribution < 1.29 is 4.74 Å². The first-order valence-electron chi connectivity index (χ1n) is 7.16. The first kappa shape index (κ1) is 13.6. The molecule has 1 atom stereocenters. The number of ether oxygens (including phenoxy) is 1. The highest BCUT2D eigenvalue weighted by molar-refractivity contribution is 7.09. The van der Waals surface area contributed by atoms with Crippen LogP contribution in [0.2, 0.25) is 0 Å². The Morgan fingerprint density at radius 1 is 1.45 bits per heavy atom. The molecule has 3 nitrogen and oxygen atoms in total. The zero-order chi connectivity index (χ0) is 13.9. The molecule has 0 saturated carbocycles. The fraction of sp³-hybridized carbons (Fsp3) is 0.438. The second kappa shape index (κ2) is 5.94. The lowest BCUT2D eigenvalue weighted by Crippen LogP contribution is -2.20. The van der Waals surface area contributed by atoms with Gasteiger partial charge >= 0.3 is 0 Å². The van der Waals surface area contributed by atoms with Crippen molar-refractivity contribution in [2.45, 2.75) is 39.3 Å². The minimum Gasteiger partial charge on any atom is -0.493 e. The van der Waals surface area contributed by atoms with Gasteiger partial charge in [-0.15, -0.1) is 11.3 Å². The van der Waals surface area contributed by atoms with E-state index in [1.54, 1.807) is 11.3 Å². The Bertz CT molecular complexity index is 594. The van der Waals surface area contributed by atoms with E-state index in [0.29, 0.717) is 6.04 Å². The first-order chi connectivity index (χ1) is 9.78. The van der Waals surface area contributed by atoms with Crippen LogP contribution in [0.25, 0.3) is 0 Å². The van der Waals surface area contributed by atoms with E-state index in [1.807, 2.05) is 5.51 Å². The third-order valence-electron chi connectivity index (χ3n) is 3.88. The van der Waals surface area contributed by atoms with E-state index in [1.165, 1.54) is 16.0 Å². The molecule has 0 amide bonds. The predicted molar refractivity (Wildman–Crippen MR) is 82.4 cm³/mol. The largest absolute Gasteiger partial charge is 0.493 e. The average Bonchev–Trinajstić information content (AvgIpc) is 3.08. The molecule has 1 aliphatic rings. The van der Waals surface area contributed by atoms with Crippen LogP contribution in [0.15, 0.2) is 23.7 Å². The molecule has 4 heteroatoms. The number of benzene rings is 1. The molecule has 0 aliphatic carbocycles. The molecule has 3 rings (SSSR count). The van der Waals surface area contributed by atoms with Gasteiger partial charge in [0.15, 0.2) is 0 Å². The van der Waals surface area contributed by atoms with Crippen LogP contribution in [0.5, 0.6) is 5.75 Å². The highest BCUT2D eigenvalue weighted by atomic mass is 32.1. The zero-order valence-electron chi connectivity index (χ0n) is 12.0. The molecule has 20 heavy (non-hydrogen) atoms. The fourth-order valence-corrected chi connectivity index (χ4v) is 3.36. The van der Waals surface area contributed by atoms with Crippen LogP contribution < -0.4 is 10.1 Å². The summed E-state index contributed by atoms with van der Waals surface area (Å²) < 4.78 is 5.57. The van der Waals surface area contributed by atoms with E-state index in [4.69, 9.17) is 4.74 Å². The van der Waals surface area contributed by atoms with Gasteiger partial charge in [-0.2, -0.15) is 0 Å². The second-order valence-electron chi connectivity index (χ2n) is 5.17. The number of fused-ring (bicyclic) bond motifs is 1. The van der Waals surface area contributed by atoms with Crippen molar-refractivity contribution in [1.82, 2.24) is 10.3 Å². The summed E-state index contributed by atoms with van der Waals surface area (Å²) in [7, 11) is 0. The normalized spacial score (nSPS) is 14.9. The van der Waals surface area contributed by atoms with Gasteiger partial charge in [0, 0.05) is 23.9 Å². The third-order valence-corrected chi connectivity index (χ3v) is 4.81. The van der Waals surface area contributed by atoms with Gasteiger partial charge in [-0.1, -0.05) is 19.1 Å². The molecule has 2 aromatic rings. The molecule has 106 valence electrons. The van der Waals surface area contributed by atoms with Gasteiger partial charge < -0.3 is 10.1 Å². The summed E-state index contributed by atoms with van der Waals surface area (Å²) in [5.74, 6) is 1.06. The molecular formula is C16H20N2OS. The van der Waals surface area contributed by atoms with Crippen molar-refractivity contribution in [2.75, 3.05) is 6.61 Å². The Labute approximate surface area is 124 Å².